The molecule has 7 nitrogen and oxygen atoms in total. The molecule has 2 aliphatic rings. The smallest absolute Gasteiger partial charge is 0.376 e. The Labute approximate surface area is 189 Å². The van der Waals surface area contributed by atoms with E-state index in [0.717, 1.165) is 37.1 Å². The molecule has 1 aliphatic carbocycles. The zero-order chi connectivity index (χ0) is 24.0. The van der Waals surface area contributed by atoms with Crippen LogP contribution < -0.4 is 0 Å². The highest BCUT2D eigenvalue weighted by molar-refractivity contribution is 7.89. The molecule has 1 aromatic heterocycles. The summed E-state index contributed by atoms with van der Waals surface area (Å²) in [6, 6.07) is 6.78. The van der Waals surface area contributed by atoms with Gasteiger partial charge >= 0.3 is 6.18 Å². The fraction of sp³-hybridized carbons (Fsp3) is 0.455. The molecule has 2 atom stereocenters. The third-order valence-corrected chi connectivity index (χ3v) is 8.14. The summed E-state index contributed by atoms with van der Waals surface area (Å²) in [5.74, 6) is 0.0105. The summed E-state index contributed by atoms with van der Waals surface area (Å²) in [6.07, 6.45) is -0.138. The molecular formula is C22H24F3N3O4S. The number of aliphatic hydroxyl groups is 1. The maximum absolute atomic E-state index is 13.5. The van der Waals surface area contributed by atoms with Crippen LogP contribution in [0, 0.1) is 5.92 Å². The number of carbonyl (C=O) groups excluding carboxylic acids is 1. The van der Waals surface area contributed by atoms with Crippen LogP contribution in [0.25, 0.3) is 0 Å². The number of pyridine rings is 1. The van der Waals surface area contributed by atoms with Crippen LogP contribution >= 0.6 is 0 Å². The molecule has 1 aromatic carbocycles. The van der Waals surface area contributed by atoms with Crippen LogP contribution in [-0.2, 0) is 20.4 Å². The van der Waals surface area contributed by atoms with Gasteiger partial charge in [-0.1, -0.05) is 18.2 Å². The lowest BCUT2D eigenvalue weighted by Gasteiger charge is -2.40. The van der Waals surface area contributed by atoms with Gasteiger partial charge in [-0.3, -0.25) is 9.78 Å². The number of hydrogen-bond donors (Lipinski definition) is 1. The van der Waals surface area contributed by atoms with Crippen LogP contribution in [0.15, 0.2) is 53.7 Å². The van der Waals surface area contributed by atoms with Crippen molar-refractivity contribution in [1.29, 1.82) is 0 Å². The summed E-state index contributed by atoms with van der Waals surface area (Å²) in [5.41, 5.74) is -2.95. The Bertz CT molecular complexity index is 1120. The maximum Gasteiger partial charge on any atom is 0.421 e. The van der Waals surface area contributed by atoms with Crippen molar-refractivity contribution in [3.63, 3.8) is 0 Å². The number of alkyl halides is 3. The van der Waals surface area contributed by atoms with E-state index in [1.807, 2.05) is 0 Å². The highest BCUT2D eigenvalue weighted by atomic mass is 32.2. The summed E-state index contributed by atoms with van der Waals surface area (Å²) < 4.78 is 67.6. The van der Waals surface area contributed by atoms with Crippen LogP contribution in [0.2, 0.25) is 0 Å². The minimum absolute atomic E-state index is 0.00308. The topological polar surface area (TPSA) is 90.8 Å². The van der Waals surface area contributed by atoms with Crippen molar-refractivity contribution in [3.05, 3.63) is 59.9 Å². The lowest BCUT2D eigenvalue weighted by atomic mass is 9.96. The average Bonchev–Trinajstić information content (AvgIpc) is 3.63. The first-order valence-electron chi connectivity index (χ1n) is 10.5. The Hall–Kier alpha value is -2.50. The van der Waals surface area contributed by atoms with Gasteiger partial charge in [0.25, 0.3) is 0 Å². The van der Waals surface area contributed by atoms with Crippen molar-refractivity contribution >= 4 is 15.9 Å². The quantitative estimate of drug-likeness (QED) is 0.706. The summed E-state index contributed by atoms with van der Waals surface area (Å²) in [7, 11) is -4.11. The van der Waals surface area contributed by atoms with Crippen molar-refractivity contribution in [2.45, 2.75) is 42.5 Å². The number of nitrogens with zero attached hydrogens (tertiary/aromatic N) is 3. The predicted molar refractivity (Wildman–Crippen MR) is 112 cm³/mol. The van der Waals surface area contributed by atoms with Crippen LogP contribution in [0.1, 0.15) is 36.9 Å². The lowest BCUT2D eigenvalue weighted by molar-refractivity contribution is -0.258. The van der Waals surface area contributed by atoms with Crippen LogP contribution in [0.3, 0.4) is 0 Å². The third kappa shape index (κ3) is 4.49. The fourth-order valence-electron chi connectivity index (χ4n) is 3.94. The third-order valence-electron chi connectivity index (χ3n) is 6.21. The van der Waals surface area contributed by atoms with Gasteiger partial charge < -0.3 is 10.0 Å². The molecule has 2 unspecified atom stereocenters. The number of sulfonamides is 1. The second-order valence-corrected chi connectivity index (χ2v) is 10.5. The van der Waals surface area contributed by atoms with E-state index >= 15 is 0 Å². The minimum Gasteiger partial charge on any atom is -0.376 e. The Morgan fingerprint density at radius 3 is 2.33 bits per heavy atom. The van der Waals surface area contributed by atoms with Crippen molar-refractivity contribution in [2.24, 2.45) is 5.92 Å². The summed E-state index contributed by atoms with van der Waals surface area (Å²) in [5, 5.41) is 9.86. The van der Waals surface area contributed by atoms with Crippen molar-refractivity contribution in [1.82, 2.24) is 14.2 Å². The molecule has 0 bridgehead atoms. The van der Waals surface area contributed by atoms with Crippen molar-refractivity contribution in [2.75, 3.05) is 19.6 Å². The van der Waals surface area contributed by atoms with Gasteiger partial charge in [0.05, 0.1) is 10.9 Å². The number of amides is 1. The molecule has 0 radical (unpaired) electrons. The first-order valence-corrected chi connectivity index (χ1v) is 12.0. The van der Waals surface area contributed by atoms with Gasteiger partial charge in [0.15, 0.2) is 5.60 Å². The maximum atomic E-state index is 13.5. The molecule has 11 heteroatoms. The van der Waals surface area contributed by atoms with E-state index < -0.39 is 33.4 Å². The van der Waals surface area contributed by atoms with E-state index in [4.69, 9.17) is 0 Å². The number of benzene rings is 1. The number of piperazine rings is 1. The summed E-state index contributed by atoms with van der Waals surface area (Å²) >= 11 is 0. The summed E-state index contributed by atoms with van der Waals surface area (Å²) in [6.45, 7) is 1.06. The number of hydrogen-bond acceptors (Lipinski definition) is 5. The first kappa shape index (κ1) is 23.7. The van der Waals surface area contributed by atoms with Gasteiger partial charge in [-0.2, -0.15) is 17.5 Å². The highest BCUT2D eigenvalue weighted by Gasteiger charge is 2.51. The first-order chi connectivity index (χ1) is 15.4. The molecule has 2 fully saturated rings. The molecule has 1 N–H and O–H groups in total. The van der Waals surface area contributed by atoms with Crippen LogP contribution in [-0.4, -0.2) is 59.4 Å². The second kappa shape index (κ2) is 8.37. The molecule has 33 heavy (non-hydrogen) atoms. The standard InChI is InChI=1S/C22H24F3N3O4S/c1-21(30,22(23,24)25)17-6-8-18(9-7-17)33(31,32)28-12-11-27(20(29)15-4-5-15)14-19(28)16-3-2-10-26-13-16/h2-3,6-10,13,15,19,30H,4-5,11-12,14H2,1H3. The normalized spacial score (nSPS) is 22.1. The molecule has 4 rings (SSSR count). The van der Waals surface area contributed by atoms with Crippen LogP contribution in [0.5, 0.6) is 0 Å². The molecule has 1 amide bonds. The number of carbonyl (C=O) groups is 1. The summed E-state index contributed by atoms with van der Waals surface area (Å²) in [4.78, 5) is 18.1. The monoisotopic (exact) mass is 483 g/mol. The molecule has 1 aliphatic heterocycles. The van der Waals surface area contributed by atoms with E-state index in [9.17, 15) is 31.5 Å². The van der Waals surface area contributed by atoms with Gasteiger partial charge in [-0.05, 0) is 49.1 Å². The SMILES string of the molecule is CC(O)(c1ccc(S(=O)(=O)N2CCN(C(=O)C3CC3)CC2c2cccnc2)cc1)C(F)(F)F. The number of aromatic nitrogens is 1. The molecular weight excluding hydrogens is 459 g/mol. The Morgan fingerprint density at radius 1 is 1.12 bits per heavy atom. The molecule has 178 valence electrons. The molecule has 1 saturated carbocycles. The molecule has 2 aromatic rings. The average molecular weight is 484 g/mol. The Balaban J connectivity index is 1.64. The van der Waals surface area contributed by atoms with E-state index in [1.54, 1.807) is 29.4 Å². The zero-order valence-corrected chi connectivity index (χ0v) is 18.7. The van der Waals surface area contributed by atoms with Gasteiger partial charge in [0, 0.05) is 37.9 Å². The van der Waals surface area contributed by atoms with Crippen molar-refractivity contribution in [3.8, 4) is 0 Å². The number of halogens is 3. The fourth-order valence-corrected chi connectivity index (χ4v) is 5.53. The van der Waals surface area contributed by atoms with E-state index in [-0.39, 0.29) is 36.4 Å². The Kier molecular flexibility index (Phi) is 6.00. The molecule has 1 saturated heterocycles. The highest BCUT2D eigenvalue weighted by Crippen LogP contribution is 2.39. The van der Waals surface area contributed by atoms with E-state index in [1.165, 1.54) is 4.31 Å². The van der Waals surface area contributed by atoms with E-state index in [0.29, 0.717) is 12.5 Å². The predicted octanol–water partition coefficient (Wildman–Crippen LogP) is 2.84. The second-order valence-electron chi connectivity index (χ2n) is 8.57. The van der Waals surface area contributed by atoms with Gasteiger partial charge in [-0.25, -0.2) is 8.42 Å². The molecule has 2 heterocycles. The minimum atomic E-state index is -4.91. The zero-order valence-electron chi connectivity index (χ0n) is 17.9. The van der Waals surface area contributed by atoms with E-state index in [2.05, 4.69) is 4.98 Å². The van der Waals surface area contributed by atoms with Gasteiger partial charge in [0.1, 0.15) is 0 Å². The largest absolute Gasteiger partial charge is 0.421 e. The lowest BCUT2D eigenvalue weighted by Crippen LogP contribution is -2.52. The van der Waals surface area contributed by atoms with Gasteiger partial charge in [-0.15, -0.1) is 0 Å². The van der Waals surface area contributed by atoms with Gasteiger partial charge in [0.2, 0.25) is 15.9 Å². The molecule has 0 spiro atoms. The van der Waals surface area contributed by atoms with Crippen molar-refractivity contribution < 1.29 is 31.5 Å². The number of rotatable bonds is 5. The van der Waals surface area contributed by atoms with Crippen LogP contribution in [0.4, 0.5) is 13.2 Å². The Morgan fingerprint density at radius 2 is 1.79 bits per heavy atom.